The van der Waals surface area contributed by atoms with Crippen molar-refractivity contribution in [3.8, 4) is 5.75 Å². The quantitative estimate of drug-likeness (QED) is 0.554. The van der Waals surface area contributed by atoms with E-state index in [1.165, 1.54) is 11.1 Å². The molecule has 0 amide bonds. The van der Waals surface area contributed by atoms with Crippen molar-refractivity contribution in [3.63, 3.8) is 0 Å². The molecule has 0 aliphatic rings. The maximum atomic E-state index is 5.90. The second-order valence-corrected chi connectivity index (χ2v) is 6.96. The molecule has 0 fully saturated rings. The Hall–Kier alpha value is -2.36. The maximum absolute atomic E-state index is 5.90. The Morgan fingerprint density at radius 1 is 0.962 bits per heavy atom. The molecular formula is C22H20ClNOS. The molecule has 4 heteroatoms. The number of thiocarbonyl (C=S) groups is 1. The van der Waals surface area contributed by atoms with Crippen molar-refractivity contribution in [2.75, 3.05) is 0 Å². The van der Waals surface area contributed by atoms with E-state index in [9.17, 15) is 0 Å². The zero-order valence-electron chi connectivity index (χ0n) is 14.5. The standard InChI is InChI=1S/C22H20ClNOS/c1-16-4-2-5-18(12-16)14-24-22(26)19-6-3-7-21(13-19)25-15-17-8-10-20(23)11-9-17/h2-13H,14-15H2,1H3,(H,24,26). The van der Waals surface area contributed by atoms with E-state index in [1.807, 2.05) is 48.5 Å². The Kier molecular flexibility index (Phi) is 6.26. The number of ether oxygens (including phenoxy) is 1. The van der Waals surface area contributed by atoms with Gasteiger partial charge in [-0.15, -0.1) is 0 Å². The maximum Gasteiger partial charge on any atom is 0.120 e. The molecule has 0 atom stereocenters. The minimum Gasteiger partial charge on any atom is -0.489 e. The van der Waals surface area contributed by atoms with Crippen molar-refractivity contribution >= 4 is 28.8 Å². The van der Waals surface area contributed by atoms with Crippen molar-refractivity contribution in [2.45, 2.75) is 20.1 Å². The Morgan fingerprint density at radius 2 is 1.73 bits per heavy atom. The molecule has 26 heavy (non-hydrogen) atoms. The van der Waals surface area contributed by atoms with Gasteiger partial charge in [0.15, 0.2) is 0 Å². The zero-order valence-corrected chi connectivity index (χ0v) is 16.1. The Balaban J connectivity index is 1.59. The SMILES string of the molecule is Cc1cccc(CNC(=S)c2cccc(OCc3ccc(Cl)cc3)c2)c1. The van der Waals surface area contributed by atoms with Crippen LogP contribution < -0.4 is 10.1 Å². The van der Waals surface area contributed by atoms with Crippen LogP contribution in [0.3, 0.4) is 0 Å². The third-order valence-electron chi connectivity index (χ3n) is 3.95. The molecular weight excluding hydrogens is 362 g/mol. The van der Waals surface area contributed by atoms with Crippen LogP contribution in [0.4, 0.5) is 0 Å². The minimum atomic E-state index is 0.490. The molecule has 0 aromatic heterocycles. The van der Waals surface area contributed by atoms with Crippen molar-refractivity contribution in [1.29, 1.82) is 0 Å². The zero-order chi connectivity index (χ0) is 18.4. The fraction of sp³-hybridized carbons (Fsp3) is 0.136. The lowest BCUT2D eigenvalue weighted by molar-refractivity contribution is 0.306. The third kappa shape index (κ3) is 5.32. The second kappa shape index (κ2) is 8.84. The molecule has 0 unspecified atom stereocenters. The van der Waals surface area contributed by atoms with E-state index in [1.54, 1.807) is 0 Å². The number of nitrogens with one attached hydrogen (secondary N) is 1. The van der Waals surface area contributed by atoms with Gasteiger partial charge in [-0.05, 0) is 42.3 Å². The van der Waals surface area contributed by atoms with E-state index in [0.717, 1.165) is 21.9 Å². The molecule has 0 aliphatic heterocycles. The van der Waals surface area contributed by atoms with Crippen LogP contribution in [-0.4, -0.2) is 4.99 Å². The summed E-state index contributed by atoms with van der Waals surface area (Å²) in [5, 5.41) is 4.03. The van der Waals surface area contributed by atoms with Gasteiger partial charge >= 0.3 is 0 Å². The molecule has 0 saturated carbocycles. The van der Waals surface area contributed by atoms with E-state index in [4.69, 9.17) is 28.6 Å². The molecule has 3 rings (SSSR count). The smallest absolute Gasteiger partial charge is 0.120 e. The second-order valence-electron chi connectivity index (χ2n) is 6.11. The number of hydrogen-bond donors (Lipinski definition) is 1. The van der Waals surface area contributed by atoms with Crippen LogP contribution in [0, 0.1) is 6.92 Å². The van der Waals surface area contributed by atoms with Crippen LogP contribution >= 0.6 is 23.8 Å². The number of benzene rings is 3. The lowest BCUT2D eigenvalue weighted by atomic mass is 10.1. The van der Waals surface area contributed by atoms with Gasteiger partial charge in [-0.2, -0.15) is 0 Å². The number of halogens is 1. The fourth-order valence-corrected chi connectivity index (χ4v) is 2.91. The monoisotopic (exact) mass is 381 g/mol. The van der Waals surface area contributed by atoms with Gasteiger partial charge in [0.1, 0.15) is 17.3 Å². The Bertz CT molecular complexity index is 893. The van der Waals surface area contributed by atoms with Crippen LogP contribution in [0.2, 0.25) is 5.02 Å². The van der Waals surface area contributed by atoms with E-state index in [-0.39, 0.29) is 0 Å². The highest BCUT2D eigenvalue weighted by atomic mass is 35.5. The van der Waals surface area contributed by atoms with Gasteiger partial charge in [-0.3, -0.25) is 0 Å². The average molecular weight is 382 g/mol. The minimum absolute atomic E-state index is 0.490. The largest absolute Gasteiger partial charge is 0.489 e. The Morgan fingerprint density at radius 3 is 2.50 bits per heavy atom. The van der Waals surface area contributed by atoms with E-state index >= 15 is 0 Å². The topological polar surface area (TPSA) is 21.3 Å². The van der Waals surface area contributed by atoms with Gasteiger partial charge in [0.05, 0.1) is 0 Å². The molecule has 0 spiro atoms. The predicted molar refractivity (Wildman–Crippen MR) is 112 cm³/mol. The summed E-state index contributed by atoms with van der Waals surface area (Å²) in [5.74, 6) is 0.789. The molecule has 132 valence electrons. The molecule has 2 nitrogen and oxygen atoms in total. The van der Waals surface area contributed by atoms with Gasteiger partial charge < -0.3 is 10.1 Å². The van der Waals surface area contributed by atoms with Crippen LogP contribution in [0.15, 0.2) is 72.8 Å². The van der Waals surface area contributed by atoms with Gasteiger partial charge in [0.25, 0.3) is 0 Å². The average Bonchev–Trinajstić information content (AvgIpc) is 2.66. The molecule has 3 aromatic carbocycles. The summed E-state index contributed by atoms with van der Waals surface area (Å²) >= 11 is 11.4. The lowest BCUT2D eigenvalue weighted by Gasteiger charge is -2.11. The van der Waals surface area contributed by atoms with Crippen molar-refractivity contribution in [3.05, 3.63) is 100 Å². The summed E-state index contributed by atoms with van der Waals surface area (Å²) < 4.78 is 5.87. The van der Waals surface area contributed by atoms with Gasteiger partial charge in [-0.25, -0.2) is 0 Å². The van der Waals surface area contributed by atoms with Crippen molar-refractivity contribution < 1.29 is 4.74 Å². The van der Waals surface area contributed by atoms with Crippen LogP contribution in [0.5, 0.6) is 5.75 Å². The van der Waals surface area contributed by atoms with E-state index < -0.39 is 0 Å². The first-order valence-corrected chi connectivity index (χ1v) is 9.20. The highest BCUT2D eigenvalue weighted by Crippen LogP contribution is 2.17. The molecule has 3 aromatic rings. The summed E-state index contributed by atoms with van der Waals surface area (Å²) in [7, 11) is 0. The number of rotatable bonds is 6. The first kappa shape index (κ1) is 18.4. The summed E-state index contributed by atoms with van der Waals surface area (Å²) in [5.41, 5.74) is 4.47. The summed E-state index contributed by atoms with van der Waals surface area (Å²) in [6.07, 6.45) is 0. The molecule has 0 radical (unpaired) electrons. The molecule has 0 aliphatic carbocycles. The summed E-state index contributed by atoms with van der Waals surface area (Å²) in [6.45, 7) is 3.28. The Labute approximate surface area is 164 Å². The molecule has 0 bridgehead atoms. The van der Waals surface area contributed by atoms with E-state index in [0.29, 0.717) is 18.1 Å². The molecule has 1 N–H and O–H groups in total. The van der Waals surface area contributed by atoms with E-state index in [2.05, 4.69) is 36.5 Å². The first-order valence-electron chi connectivity index (χ1n) is 8.41. The highest BCUT2D eigenvalue weighted by molar-refractivity contribution is 7.80. The van der Waals surface area contributed by atoms with Gasteiger partial charge in [-0.1, -0.05) is 77.9 Å². The molecule has 0 heterocycles. The highest BCUT2D eigenvalue weighted by Gasteiger charge is 2.04. The summed E-state index contributed by atoms with van der Waals surface area (Å²) in [4.78, 5) is 0.712. The van der Waals surface area contributed by atoms with Crippen LogP contribution in [0.1, 0.15) is 22.3 Å². The first-order chi connectivity index (χ1) is 12.6. The van der Waals surface area contributed by atoms with Crippen LogP contribution in [0.25, 0.3) is 0 Å². The molecule has 0 saturated heterocycles. The fourth-order valence-electron chi connectivity index (χ4n) is 2.58. The van der Waals surface area contributed by atoms with Gasteiger partial charge in [0, 0.05) is 17.1 Å². The lowest BCUT2D eigenvalue weighted by Crippen LogP contribution is -2.21. The third-order valence-corrected chi connectivity index (χ3v) is 4.58. The van der Waals surface area contributed by atoms with Gasteiger partial charge in [0.2, 0.25) is 0 Å². The van der Waals surface area contributed by atoms with Crippen molar-refractivity contribution in [1.82, 2.24) is 5.32 Å². The summed E-state index contributed by atoms with van der Waals surface area (Å²) in [6, 6.07) is 23.9. The number of aryl methyl sites for hydroxylation is 1. The van der Waals surface area contributed by atoms with Crippen LogP contribution in [-0.2, 0) is 13.2 Å². The normalized spacial score (nSPS) is 10.4. The van der Waals surface area contributed by atoms with Crippen molar-refractivity contribution in [2.24, 2.45) is 0 Å². The number of hydrogen-bond acceptors (Lipinski definition) is 2. The predicted octanol–water partition coefficient (Wildman–Crippen LogP) is 5.69.